The number of nitrogens with zero attached hydrogens (tertiary/aromatic N) is 2. The summed E-state index contributed by atoms with van der Waals surface area (Å²) in [6.45, 7) is 5.97. The van der Waals surface area contributed by atoms with Gasteiger partial charge in [-0.15, -0.1) is 0 Å². The van der Waals surface area contributed by atoms with Gasteiger partial charge in [-0.05, 0) is 23.8 Å². The van der Waals surface area contributed by atoms with Crippen LogP contribution in [0.2, 0.25) is 0 Å². The molecule has 0 radical (unpaired) electrons. The van der Waals surface area contributed by atoms with Crippen molar-refractivity contribution in [3.8, 4) is 0 Å². The molecule has 1 saturated heterocycles. The van der Waals surface area contributed by atoms with E-state index in [1.54, 1.807) is 0 Å². The van der Waals surface area contributed by atoms with Crippen molar-refractivity contribution in [2.45, 2.75) is 19.0 Å². The zero-order valence-electron chi connectivity index (χ0n) is 10.7. The van der Waals surface area contributed by atoms with Gasteiger partial charge in [-0.2, -0.15) is 0 Å². The Hall–Kier alpha value is -1.10. The van der Waals surface area contributed by atoms with Crippen LogP contribution in [0.3, 0.4) is 0 Å². The molecule has 1 aliphatic carbocycles. The second-order valence-corrected chi connectivity index (χ2v) is 5.07. The summed E-state index contributed by atoms with van der Waals surface area (Å²) in [6, 6.07) is 2.37. The fourth-order valence-electron chi connectivity index (χ4n) is 2.67. The van der Waals surface area contributed by atoms with E-state index < -0.39 is 0 Å². The first kappa shape index (κ1) is 12.0. The van der Waals surface area contributed by atoms with Gasteiger partial charge in [0.25, 0.3) is 0 Å². The molecule has 1 atom stereocenters. The van der Waals surface area contributed by atoms with E-state index in [4.69, 9.17) is 10.5 Å². The third-order valence-corrected chi connectivity index (χ3v) is 3.78. The Morgan fingerprint density at radius 3 is 2.94 bits per heavy atom. The van der Waals surface area contributed by atoms with Gasteiger partial charge in [-0.3, -0.25) is 4.90 Å². The Balaban J connectivity index is 1.70. The molecule has 0 aromatic carbocycles. The van der Waals surface area contributed by atoms with Gasteiger partial charge in [-0.25, -0.2) is 0 Å². The lowest BCUT2D eigenvalue weighted by Gasteiger charge is -2.26. The van der Waals surface area contributed by atoms with Gasteiger partial charge in [0.1, 0.15) is 0 Å². The van der Waals surface area contributed by atoms with E-state index in [0.29, 0.717) is 0 Å². The highest BCUT2D eigenvalue weighted by molar-refractivity contribution is 5.41. The Labute approximate surface area is 107 Å². The topological polar surface area (TPSA) is 43.4 Å². The van der Waals surface area contributed by atoms with Crippen LogP contribution in [0.5, 0.6) is 0 Å². The SMILES string of the molecule is NC1C=c2c(ccn2CCN2CCOCC2)=CC1. The summed E-state index contributed by atoms with van der Waals surface area (Å²) in [5.74, 6) is 0. The van der Waals surface area contributed by atoms with E-state index in [1.165, 1.54) is 10.6 Å². The van der Waals surface area contributed by atoms with Crippen LogP contribution < -0.4 is 16.3 Å². The summed E-state index contributed by atoms with van der Waals surface area (Å²) in [6.07, 6.45) is 7.57. The molecule has 1 aliphatic heterocycles. The molecule has 4 heteroatoms. The molecule has 0 saturated carbocycles. The predicted octanol–water partition coefficient (Wildman–Crippen LogP) is -0.888. The summed E-state index contributed by atoms with van der Waals surface area (Å²) >= 11 is 0. The van der Waals surface area contributed by atoms with Crippen molar-refractivity contribution in [3.63, 3.8) is 0 Å². The lowest BCUT2D eigenvalue weighted by Crippen LogP contribution is -2.41. The number of fused-ring (bicyclic) bond motifs is 1. The largest absolute Gasteiger partial charge is 0.379 e. The fourth-order valence-corrected chi connectivity index (χ4v) is 2.67. The van der Waals surface area contributed by atoms with E-state index >= 15 is 0 Å². The highest BCUT2D eigenvalue weighted by Gasteiger charge is 2.10. The third-order valence-electron chi connectivity index (χ3n) is 3.78. The molecular formula is C14H21N3O. The molecule has 2 heterocycles. The highest BCUT2D eigenvalue weighted by Crippen LogP contribution is 1.98. The van der Waals surface area contributed by atoms with Crippen LogP contribution in [0.25, 0.3) is 12.2 Å². The molecule has 1 unspecified atom stereocenters. The standard InChI is InChI=1S/C14H21N3O/c15-13-2-1-12-3-4-17(14(12)11-13)6-5-16-7-9-18-10-8-16/h1,3-4,11,13H,2,5-10,15H2. The molecule has 1 fully saturated rings. The van der Waals surface area contributed by atoms with E-state index in [2.05, 4.69) is 33.9 Å². The van der Waals surface area contributed by atoms with E-state index in [9.17, 15) is 0 Å². The fraction of sp³-hybridized carbons (Fsp3) is 0.571. The molecule has 0 spiro atoms. The number of hydrogen-bond donors (Lipinski definition) is 1. The molecule has 2 N–H and O–H groups in total. The average molecular weight is 247 g/mol. The average Bonchev–Trinajstić information content (AvgIpc) is 2.80. The molecule has 1 aromatic heterocycles. The second kappa shape index (κ2) is 5.26. The van der Waals surface area contributed by atoms with E-state index in [-0.39, 0.29) is 6.04 Å². The number of ether oxygens (including phenoxy) is 1. The first-order valence-corrected chi connectivity index (χ1v) is 6.76. The van der Waals surface area contributed by atoms with Crippen molar-refractivity contribution in [1.29, 1.82) is 0 Å². The van der Waals surface area contributed by atoms with E-state index in [1.807, 2.05) is 0 Å². The normalized spacial score (nSPS) is 24.2. The molecular weight excluding hydrogens is 226 g/mol. The van der Waals surface area contributed by atoms with Crippen LogP contribution in [0.15, 0.2) is 12.3 Å². The van der Waals surface area contributed by atoms with Crippen LogP contribution >= 0.6 is 0 Å². The van der Waals surface area contributed by atoms with Gasteiger partial charge in [0.2, 0.25) is 0 Å². The van der Waals surface area contributed by atoms with Crippen LogP contribution in [0, 0.1) is 0 Å². The third kappa shape index (κ3) is 2.51. The lowest BCUT2D eigenvalue weighted by molar-refractivity contribution is 0.0363. The zero-order valence-corrected chi connectivity index (χ0v) is 10.7. The van der Waals surface area contributed by atoms with Crippen molar-refractivity contribution in [1.82, 2.24) is 9.47 Å². The Bertz CT molecular complexity index is 514. The molecule has 0 bridgehead atoms. The summed E-state index contributed by atoms with van der Waals surface area (Å²) in [7, 11) is 0. The Morgan fingerprint density at radius 2 is 2.11 bits per heavy atom. The van der Waals surface area contributed by atoms with Crippen molar-refractivity contribution in [2.75, 3.05) is 32.8 Å². The Morgan fingerprint density at radius 1 is 1.28 bits per heavy atom. The molecule has 2 aliphatic rings. The molecule has 1 aromatic rings. The smallest absolute Gasteiger partial charge is 0.0594 e. The molecule has 98 valence electrons. The minimum absolute atomic E-state index is 0.175. The maximum absolute atomic E-state index is 5.99. The van der Waals surface area contributed by atoms with Crippen molar-refractivity contribution < 1.29 is 4.74 Å². The molecule has 3 rings (SSSR count). The quantitative estimate of drug-likeness (QED) is 0.754. The van der Waals surface area contributed by atoms with Crippen LogP contribution in [0.1, 0.15) is 6.42 Å². The number of nitrogens with two attached hydrogens (primary N) is 1. The summed E-state index contributed by atoms with van der Waals surface area (Å²) in [5, 5.41) is 2.63. The van der Waals surface area contributed by atoms with Crippen molar-refractivity contribution >= 4 is 12.2 Å². The minimum atomic E-state index is 0.175. The molecule has 0 amide bonds. The van der Waals surface area contributed by atoms with Gasteiger partial charge >= 0.3 is 0 Å². The van der Waals surface area contributed by atoms with Crippen LogP contribution in [-0.2, 0) is 11.3 Å². The highest BCUT2D eigenvalue weighted by atomic mass is 16.5. The summed E-state index contributed by atoms with van der Waals surface area (Å²) < 4.78 is 7.68. The number of aromatic nitrogens is 1. The van der Waals surface area contributed by atoms with Gasteiger partial charge in [0, 0.05) is 43.8 Å². The maximum atomic E-state index is 5.99. The first-order chi connectivity index (χ1) is 8.83. The van der Waals surface area contributed by atoms with Gasteiger partial charge in [0.05, 0.1) is 13.2 Å². The number of morpholine rings is 1. The predicted molar refractivity (Wildman–Crippen MR) is 72.5 cm³/mol. The van der Waals surface area contributed by atoms with Crippen LogP contribution in [0.4, 0.5) is 0 Å². The van der Waals surface area contributed by atoms with Gasteiger partial charge < -0.3 is 15.0 Å². The second-order valence-electron chi connectivity index (χ2n) is 5.07. The van der Waals surface area contributed by atoms with Crippen LogP contribution in [-0.4, -0.2) is 48.4 Å². The van der Waals surface area contributed by atoms with Crippen molar-refractivity contribution in [2.24, 2.45) is 5.73 Å². The summed E-state index contributed by atoms with van der Waals surface area (Å²) in [5.41, 5.74) is 5.99. The monoisotopic (exact) mass is 247 g/mol. The van der Waals surface area contributed by atoms with Gasteiger partial charge in [-0.1, -0.05) is 6.08 Å². The lowest BCUT2D eigenvalue weighted by atomic mass is 10.1. The molecule has 4 nitrogen and oxygen atoms in total. The Kier molecular flexibility index (Phi) is 3.50. The number of hydrogen-bond acceptors (Lipinski definition) is 3. The maximum Gasteiger partial charge on any atom is 0.0594 e. The number of rotatable bonds is 3. The summed E-state index contributed by atoms with van der Waals surface area (Å²) in [4.78, 5) is 2.46. The van der Waals surface area contributed by atoms with Gasteiger partial charge in [0.15, 0.2) is 0 Å². The van der Waals surface area contributed by atoms with E-state index in [0.717, 1.165) is 45.8 Å². The minimum Gasteiger partial charge on any atom is -0.379 e. The molecule has 18 heavy (non-hydrogen) atoms. The van der Waals surface area contributed by atoms with Crippen molar-refractivity contribution in [3.05, 3.63) is 22.8 Å². The first-order valence-electron chi connectivity index (χ1n) is 6.76. The zero-order chi connectivity index (χ0) is 12.4.